The molecule has 6 heteroatoms. The van der Waals surface area contributed by atoms with Crippen LogP contribution in [0.25, 0.3) is 0 Å². The fourth-order valence-electron chi connectivity index (χ4n) is 3.22. The Morgan fingerprint density at radius 1 is 1.61 bits per heavy atom. The van der Waals surface area contributed by atoms with Gasteiger partial charge in [-0.05, 0) is 24.8 Å². The van der Waals surface area contributed by atoms with E-state index < -0.39 is 6.10 Å². The van der Waals surface area contributed by atoms with E-state index in [9.17, 15) is 9.90 Å². The van der Waals surface area contributed by atoms with Gasteiger partial charge in [-0.3, -0.25) is 0 Å². The molecule has 130 valence electrons. The number of nitrogens with one attached hydrogen (secondary N) is 1. The normalized spacial score (nSPS) is 20.7. The van der Waals surface area contributed by atoms with Crippen molar-refractivity contribution in [2.75, 3.05) is 27.3 Å². The Hall–Kier alpha value is -1.53. The van der Waals surface area contributed by atoms with Gasteiger partial charge in [0.05, 0.1) is 25.3 Å². The third-order valence-electron chi connectivity index (χ3n) is 4.22. The molecule has 0 aliphatic heterocycles. The standard InChI is InChI=1S/C17H28N2O4/c1-11-6-13-14(7-17(2,3)8-15(13)23-11)18-16(21)19(4)9-12(20)10-22-5/h6,12,14,20H,7-10H2,1-5H3,(H,18,21)/t12-,14-/m1/s1. The van der Waals surface area contributed by atoms with Crippen LogP contribution in [0.1, 0.15) is 43.4 Å². The zero-order chi connectivity index (χ0) is 17.2. The first kappa shape index (κ1) is 17.8. The number of likely N-dealkylation sites (N-methyl/N-ethyl adjacent to an activating group) is 1. The van der Waals surface area contributed by atoms with E-state index in [-0.39, 0.29) is 30.6 Å². The predicted molar refractivity (Wildman–Crippen MR) is 87.3 cm³/mol. The van der Waals surface area contributed by atoms with Crippen LogP contribution >= 0.6 is 0 Å². The van der Waals surface area contributed by atoms with Crippen LogP contribution in [0.4, 0.5) is 4.79 Å². The number of aliphatic hydroxyl groups excluding tert-OH is 1. The van der Waals surface area contributed by atoms with E-state index in [0.29, 0.717) is 0 Å². The van der Waals surface area contributed by atoms with Gasteiger partial charge in [-0.1, -0.05) is 13.8 Å². The summed E-state index contributed by atoms with van der Waals surface area (Å²) in [5.74, 6) is 1.84. The minimum Gasteiger partial charge on any atom is -0.466 e. The van der Waals surface area contributed by atoms with Crippen molar-refractivity contribution in [1.82, 2.24) is 10.2 Å². The lowest BCUT2D eigenvalue weighted by Gasteiger charge is -2.35. The van der Waals surface area contributed by atoms with Gasteiger partial charge in [0.25, 0.3) is 0 Å². The number of rotatable bonds is 5. The summed E-state index contributed by atoms with van der Waals surface area (Å²) in [5, 5.41) is 12.8. The van der Waals surface area contributed by atoms with Crippen molar-refractivity contribution in [3.63, 3.8) is 0 Å². The molecule has 1 aromatic rings. The third kappa shape index (κ3) is 4.48. The molecule has 1 aliphatic carbocycles. The highest BCUT2D eigenvalue weighted by molar-refractivity contribution is 5.74. The van der Waals surface area contributed by atoms with Crippen molar-refractivity contribution in [2.24, 2.45) is 5.41 Å². The Morgan fingerprint density at radius 3 is 2.96 bits per heavy atom. The molecule has 0 radical (unpaired) electrons. The molecule has 0 saturated carbocycles. The first-order valence-corrected chi connectivity index (χ1v) is 7.99. The predicted octanol–water partition coefficient (Wildman–Crippen LogP) is 2.25. The SMILES string of the molecule is COC[C@H](O)CN(C)C(=O)N[C@@H]1CC(C)(C)Cc2oc(C)cc21. The van der Waals surface area contributed by atoms with Gasteiger partial charge >= 0.3 is 6.03 Å². The van der Waals surface area contributed by atoms with Gasteiger partial charge in [0.1, 0.15) is 11.5 Å². The van der Waals surface area contributed by atoms with Crippen molar-refractivity contribution in [2.45, 2.75) is 45.8 Å². The second-order valence-corrected chi connectivity index (χ2v) is 7.27. The smallest absolute Gasteiger partial charge is 0.317 e. The number of aryl methyl sites for hydroxylation is 1. The summed E-state index contributed by atoms with van der Waals surface area (Å²) in [6.07, 6.45) is 1.05. The topological polar surface area (TPSA) is 74.9 Å². The molecule has 0 fully saturated rings. The first-order valence-electron chi connectivity index (χ1n) is 7.99. The van der Waals surface area contributed by atoms with E-state index in [1.54, 1.807) is 7.05 Å². The minimum atomic E-state index is -0.690. The Bertz CT molecular complexity index is 553. The number of methoxy groups -OCH3 is 1. The molecular formula is C17H28N2O4. The summed E-state index contributed by atoms with van der Waals surface area (Å²) in [6, 6.07) is 1.74. The van der Waals surface area contributed by atoms with Crippen LogP contribution in [-0.2, 0) is 11.2 Å². The summed E-state index contributed by atoms with van der Waals surface area (Å²) >= 11 is 0. The zero-order valence-corrected chi connectivity index (χ0v) is 14.7. The Balaban J connectivity index is 2.05. The van der Waals surface area contributed by atoms with Gasteiger partial charge in [0.2, 0.25) is 0 Å². The number of hydrogen-bond donors (Lipinski definition) is 2. The average Bonchev–Trinajstić information content (AvgIpc) is 2.77. The molecule has 6 nitrogen and oxygen atoms in total. The molecule has 1 aliphatic rings. The fourth-order valence-corrected chi connectivity index (χ4v) is 3.22. The van der Waals surface area contributed by atoms with Crippen molar-refractivity contribution in [3.8, 4) is 0 Å². The molecular weight excluding hydrogens is 296 g/mol. The maximum atomic E-state index is 12.4. The highest BCUT2D eigenvalue weighted by Gasteiger charge is 2.36. The molecule has 1 heterocycles. The van der Waals surface area contributed by atoms with Crippen LogP contribution in [0.2, 0.25) is 0 Å². The molecule has 2 rings (SSSR count). The summed E-state index contributed by atoms with van der Waals surface area (Å²) in [5.41, 5.74) is 1.14. The molecule has 0 bridgehead atoms. The van der Waals surface area contributed by atoms with Gasteiger partial charge in [-0.2, -0.15) is 0 Å². The summed E-state index contributed by atoms with van der Waals surface area (Å²) < 4.78 is 10.7. The second-order valence-electron chi connectivity index (χ2n) is 7.27. The number of carbonyl (C=O) groups is 1. The van der Waals surface area contributed by atoms with Gasteiger partial charge < -0.3 is 24.5 Å². The van der Waals surface area contributed by atoms with Gasteiger partial charge in [-0.15, -0.1) is 0 Å². The molecule has 0 spiro atoms. The van der Waals surface area contributed by atoms with Crippen LogP contribution in [-0.4, -0.2) is 49.5 Å². The summed E-state index contributed by atoms with van der Waals surface area (Å²) in [7, 11) is 3.19. The number of urea groups is 1. The molecule has 0 unspecified atom stereocenters. The molecule has 0 saturated heterocycles. The molecule has 2 N–H and O–H groups in total. The quantitative estimate of drug-likeness (QED) is 0.871. The second kappa shape index (κ2) is 6.93. The Labute approximate surface area is 137 Å². The largest absolute Gasteiger partial charge is 0.466 e. The van der Waals surface area contributed by atoms with E-state index in [0.717, 1.165) is 29.9 Å². The maximum absolute atomic E-state index is 12.4. The summed E-state index contributed by atoms with van der Waals surface area (Å²) in [4.78, 5) is 13.9. The zero-order valence-electron chi connectivity index (χ0n) is 14.7. The van der Waals surface area contributed by atoms with Gasteiger partial charge in [0.15, 0.2) is 0 Å². The number of amides is 2. The number of ether oxygens (including phenoxy) is 1. The fraction of sp³-hybridized carbons (Fsp3) is 0.706. The Kier molecular flexibility index (Phi) is 5.37. The van der Waals surface area contributed by atoms with Gasteiger partial charge in [-0.25, -0.2) is 4.79 Å². The summed E-state index contributed by atoms with van der Waals surface area (Å²) in [6.45, 7) is 6.72. The third-order valence-corrected chi connectivity index (χ3v) is 4.22. The average molecular weight is 324 g/mol. The number of furan rings is 1. The first-order chi connectivity index (χ1) is 10.7. The monoisotopic (exact) mass is 324 g/mol. The van der Waals surface area contributed by atoms with E-state index >= 15 is 0 Å². The van der Waals surface area contributed by atoms with Crippen LogP contribution in [0.15, 0.2) is 10.5 Å². The molecule has 2 atom stereocenters. The Morgan fingerprint density at radius 2 is 2.30 bits per heavy atom. The maximum Gasteiger partial charge on any atom is 0.317 e. The molecule has 23 heavy (non-hydrogen) atoms. The van der Waals surface area contributed by atoms with Crippen LogP contribution in [0, 0.1) is 12.3 Å². The highest BCUT2D eigenvalue weighted by Crippen LogP contribution is 2.42. The van der Waals surface area contributed by atoms with E-state index in [1.807, 2.05) is 13.0 Å². The molecule has 1 aromatic heterocycles. The van der Waals surface area contributed by atoms with Crippen molar-refractivity contribution in [3.05, 3.63) is 23.2 Å². The number of nitrogens with zero attached hydrogens (tertiary/aromatic N) is 1. The molecule has 0 aromatic carbocycles. The lowest BCUT2D eigenvalue weighted by Crippen LogP contribution is -2.45. The number of aliphatic hydroxyl groups is 1. The van der Waals surface area contributed by atoms with Crippen molar-refractivity contribution >= 4 is 6.03 Å². The van der Waals surface area contributed by atoms with E-state index in [4.69, 9.17) is 9.15 Å². The lowest BCUT2D eigenvalue weighted by molar-refractivity contribution is 0.0485. The van der Waals surface area contributed by atoms with Crippen molar-refractivity contribution in [1.29, 1.82) is 0 Å². The van der Waals surface area contributed by atoms with E-state index in [2.05, 4.69) is 19.2 Å². The van der Waals surface area contributed by atoms with Crippen LogP contribution < -0.4 is 5.32 Å². The number of hydrogen-bond acceptors (Lipinski definition) is 4. The number of carbonyl (C=O) groups excluding carboxylic acids is 1. The molecule has 2 amide bonds. The number of fused-ring (bicyclic) bond motifs is 1. The van der Waals surface area contributed by atoms with Gasteiger partial charge in [0, 0.05) is 26.1 Å². The minimum absolute atomic E-state index is 0.0688. The highest BCUT2D eigenvalue weighted by atomic mass is 16.5. The van der Waals surface area contributed by atoms with Crippen LogP contribution in [0.5, 0.6) is 0 Å². The van der Waals surface area contributed by atoms with Crippen LogP contribution in [0.3, 0.4) is 0 Å². The lowest BCUT2D eigenvalue weighted by atomic mass is 9.75. The van der Waals surface area contributed by atoms with E-state index in [1.165, 1.54) is 12.0 Å². The van der Waals surface area contributed by atoms with Crippen molar-refractivity contribution < 1.29 is 19.1 Å².